The van der Waals surface area contributed by atoms with Gasteiger partial charge in [-0.25, -0.2) is 4.39 Å². The van der Waals surface area contributed by atoms with E-state index >= 15 is 0 Å². The van der Waals surface area contributed by atoms with Gasteiger partial charge in [0.1, 0.15) is 5.82 Å². The summed E-state index contributed by atoms with van der Waals surface area (Å²) < 4.78 is 13.4. The van der Waals surface area contributed by atoms with Crippen molar-refractivity contribution in [3.63, 3.8) is 0 Å². The molecule has 0 unspecified atom stereocenters. The Morgan fingerprint density at radius 3 is 2.95 bits per heavy atom. The number of hydrogen-bond acceptors (Lipinski definition) is 3. The van der Waals surface area contributed by atoms with Gasteiger partial charge in [0.05, 0.1) is 24.0 Å². The van der Waals surface area contributed by atoms with Crippen molar-refractivity contribution in [2.45, 2.75) is 6.92 Å². The van der Waals surface area contributed by atoms with Crippen LogP contribution in [0.3, 0.4) is 0 Å². The summed E-state index contributed by atoms with van der Waals surface area (Å²) in [5.41, 5.74) is 7.36. The van der Waals surface area contributed by atoms with Gasteiger partial charge in [-0.1, -0.05) is 11.8 Å². The van der Waals surface area contributed by atoms with Gasteiger partial charge in [0.2, 0.25) is 0 Å². The third-order valence-electron chi connectivity index (χ3n) is 2.84. The first-order valence-corrected chi connectivity index (χ1v) is 6.32. The standard InChI is InChI=1S/C16H14FN3O/c1-11-6-8-19-10-15(11)20-16(21)14-9-13(17)5-4-12(14)3-2-7-18/h4-6,8-10H,7,18H2,1H3,(H,20,21). The minimum absolute atomic E-state index is 0.166. The second kappa shape index (κ2) is 6.64. The summed E-state index contributed by atoms with van der Waals surface area (Å²) in [5.74, 6) is 4.48. The quantitative estimate of drug-likeness (QED) is 0.829. The van der Waals surface area contributed by atoms with E-state index in [0.717, 1.165) is 11.6 Å². The number of amides is 1. The minimum atomic E-state index is -0.499. The fourth-order valence-corrected chi connectivity index (χ4v) is 1.74. The summed E-state index contributed by atoms with van der Waals surface area (Å²) in [6, 6.07) is 5.65. The first kappa shape index (κ1) is 14.7. The molecule has 4 nitrogen and oxygen atoms in total. The Morgan fingerprint density at radius 1 is 1.43 bits per heavy atom. The van der Waals surface area contributed by atoms with E-state index in [-0.39, 0.29) is 12.1 Å². The molecule has 0 fully saturated rings. The molecule has 0 atom stereocenters. The second-order valence-electron chi connectivity index (χ2n) is 4.34. The highest BCUT2D eigenvalue weighted by Gasteiger charge is 2.13. The highest BCUT2D eigenvalue weighted by atomic mass is 19.1. The Balaban J connectivity index is 2.34. The number of halogens is 1. The van der Waals surface area contributed by atoms with Crippen LogP contribution in [0.5, 0.6) is 0 Å². The molecule has 2 aromatic rings. The molecular formula is C16H14FN3O. The average molecular weight is 283 g/mol. The highest BCUT2D eigenvalue weighted by Crippen LogP contribution is 2.16. The number of nitrogens with one attached hydrogen (secondary N) is 1. The lowest BCUT2D eigenvalue weighted by atomic mass is 10.1. The zero-order valence-corrected chi connectivity index (χ0v) is 11.5. The molecular weight excluding hydrogens is 269 g/mol. The van der Waals surface area contributed by atoms with Gasteiger partial charge in [-0.15, -0.1) is 0 Å². The van der Waals surface area contributed by atoms with Crippen LogP contribution < -0.4 is 11.1 Å². The molecule has 1 heterocycles. The summed E-state index contributed by atoms with van der Waals surface area (Å²) in [5, 5.41) is 2.70. The van der Waals surface area contributed by atoms with Crippen molar-refractivity contribution in [1.82, 2.24) is 4.98 Å². The summed E-state index contributed by atoms with van der Waals surface area (Å²) in [6.07, 6.45) is 3.17. The van der Waals surface area contributed by atoms with Crippen molar-refractivity contribution in [3.8, 4) is 11.8 Å². The van der Waals surface area contributed by atoms with Gasteiger partial charge in [-0.3, -0.25) is 9.78 Å². The predicted molar refractivity (Wildman–Crippen MR) is 79.3 cm³/mol. The van der Waals surface area contributed by atoms with Crippen LogP contribution in [0.25, 0.3) is 0 Å². The molecule has 0 aliphatic rings. The van der Waals surface area contributed by atoms with E-state index in [0.29, 0.717) is 11.3 Å². The number of aromatic nitrogens is 1. The number of carbonyl (C=O) groups excluding carboxylic acids is 1. The van der Waals surface area contributed by atoms with Crippen LogP contribution in [0.2, 0.25) is 0 Å². The lowest BCUT2D eigenvalue weighted by Gasteiger charge is -2.09. The molecule has 1 aromatic carbocycles. The van der Waals surface area contributed by atoms with E-state index < -0.39 is 11.7 Å². The topological polar surface area (TPSA) is 68.0 Å². The second-order valence-corrected chi connectivity index (χ2v) is 4.34. The zero-order chi connectivity index (χ0) is 15.2. The molecule has 3 N–H and O–H groups in total. The molecule has 1 amide bonds. The number of aryl methyl sites for hydroxylation is 1. The largest absolute Gasteiger partial charge is 0.320 e. The highest BCUT2D eigenvalue weighted by molar-refractivity contribution is 6.06. The molecule has 0 bridgehead atoms. The monoisotopic (exact) mass is 283 g/mol. The fourth-order valence-electron chi connectivity index (χ4n) is 1.74. The fraction of sp³-hybridized carbons (Fsp3) is 0.125. The summed E-state index contributed by atoms with van der Waals surface area (Å²) in [7, 11) is 0. The van der Waals surface area contributed by atoms with E-state index in [1.54, 1.807) is 12.3 Å². The van der Waals surface area contributed by atoms with Crippen molar-refractivity contribution >= 4 is 11.6 Å². The first-order valence-electron chi connectivity index (χ1n) is 6.32. The summed E-state index contributed by atoms with van der Waals surface area (Å²) in [6.45, 7) is 2.01. The van der Waals surface area contributed by atoms with E-state index in [1.807, 2.05) is 6.92 Å². The maximum atomic E-state index is 13.4. The lowest BCUT2D eigenvalue weighted by Crippen LogP contribution is -2.15. The molecule has 0 saturated heterocycles. The molecule has 1 aromatic heterocycles. The molecule has 5 heteroatoms. The smallest absolute Gasteiger partial charge is 0.257 e. The molecule has 21 heavy (non-hydrogen) atoms. The van der Waals surface area contributed by atoms with Crippen molar-refractivity contribution < 1.29 is 9.18 Å². The number of anilines is 1. The maximum Gasteiger partial charge on any atom is 0.257 e. The van der Waals surface area contributed by atoms with E-state index in [9.17, 15) is 9.18 Å². The maximum absolute atomic E-state index is 13.4. The zero-order valence-electron chi connectivity index (χ0n) is 11.5. The van der Waals surface area contributed by atoms with E-state index in [2.05, 4.69) is 22.1 Å². The number of pyridine rings is 1. The van der Waals surface area contributed by atoms with Crippen LogP contribution in [0, 0.1) is 24.6 Å². The number of rotatable bonds is 2. The first-order chi connectivity index (χ1) is 10.1. The lowest BCUT2D eigenvalue weighted by molar-refractivity contribution is 0.102. The molecule has 0 spiro atoms. The van der Waals surface area contributed by atoms with Crippen LogP contribution in [0.1, 0.15) is 21.5 Å². The Morgan fingerprint density at radius 2 is 2.24 bits per heavy atom. The molecule has 2 rings (SSSR count). The van der Waals surface area contributed by atoms with Gasteiger partial charge >= 0.3 is 0 Å². The molecule has 0 saturated carbocycles. The Hall–Kier alpha value is -2.71. The Bertz CT molecular complexity index is 732. The van der Waals surface area contributed by atoms with Crippen molar-refractivity contribution in [2.24, 2.45) is 5.73 Å². The van der Waals surface area contributed by atoms with Crippen LogP contribution in [0.15, 0.2) is 36.7 Å². The van der Waals surface area contributed by atoms with Crippen LogP contribution >= 0.6 is 0 Å². The van der Waals surface area contributed by atoms with Gasteiger partial charge in [0, 0.05) is 11.8 Å². The van der Waals surface area contributed by atoms with E-state index in [1.165, 1.54) is 18.3 Å². The Kier molecular flexibility index (Phi) is 4.64. The molecule has 0 aliphatic carbocycles. The number of nitrogens with two attached hydrogens (primary N) is 1. The third kappa shape index (κ3) is 3.65. The van der Waals surface area contributed by atoms with Gasteiger partial charge in [0.15, 0.2) is 0 Å². The van der Waals surface area contributed by atoms with Gasteiger partial charge < -0.3 is 11.1 Å². The van der Waals surface area contributed by atoms with Gasteiger partial charge in [-0.05, 0) is 36.8 Å². The minimum Gasteiger partial charge on any atom is -0.320 e. The molecule has 0 aliphatic heterocycles. The molecule has 0 radical (unpaired) electrons. The average Bonchev–Trinajstić information content (AvgIpc) is 2.48. The number of nitrogens with zero attached hydrogens (tertiary/aromatic N) is 1. The SMILES string of the molecule is Cc1ccncc1NC(=O)c1cc(F)ccc1C#CCN. The number of benzene rings is 1. The van der Waals surface area contributed by atoms with Crippen LogP contribution in [-0.4, -0.2) is 17.4 Å². The van der Waals surface area contributed by atoms with E-state index in [4.69, 9.17) is 5.73 Å². The van der Waals surface area contributed by atoms with Gasteiger partial charge in [0.25, 0.3) is 5.91 Å². The van der Waals surface area contributed by atoms with Crippen molar-refractivity contribution in [3.05, 3.63) is 59.2 Å². The molecule has 106 valence electrons. The summed E-state index contributed by atoms with van der Waals surface area (Å²) in [4.78, 5) is 16.2. The normalized spacial score (nSPS) is 9.67. The predicted octanol–water partition coefficient (Wildman–Crippen LogP) is 2.09. The van der Waals surface area contributed by atoms with Crippen molar-refractivity contribution in [2.75, 3.05) is 11.9 Å². The van der Waals surface area contributed by atoms with Crippen LogP contribution in [-0.2, 0) is 0 Å². The van der Waals surface area contributed by atoms with Crippen LogP contribution in [0.4, 0.5) is 10.1 Å². The third-order valence-corrected chi connectivity index (χ3v) is 2.84. The summed E-state index contributed by atoms with van der Waals surface area (Å²) >= 11 is 0. The number of carbonyl (C=O) groups is 1. The van der Waals surface area contributed by atoms with Crippen molar-refractivity contribution in [1.29, 1.82) is 0 Å². The Labute approximate surface area is 122 Å². The van der Waals surface area contributed by atoms with Gasteiger partial charge in [-0.2, -0.15) is 0 Å². The number of hydrogen-bond donors (Lipinski definition) is 2.